The molecule has 0 saturated carbocycles. The SMILES string of the molecule is CC1(CNCCCC2CCCCN2)CCOCC1. The highest BCUT2D eigenvalue weighted by Gasteiger charge is 2.26. The fourth-order valence-electron chi connectivity index (χ4n) is 3.07. The van der Waals surface area contributed by atoms with Crippen LogP contribution >= 0.6 is 0 Å². The smallest absolute Gasteiger partial charge is 0.0471 e. The van der Waals surface area contributed by atoms with Crippen LogP contribution in [0, 0.1) is 5.41 Å². The molecule has 3 nitrogen and oxygen atoms in total. The molecule has 2 fully saturated rings. The van der Waals surface area contributed by atoms with Gasteiger partial charge in [-0.05, 0) is 57.0 Å². The molecular formula is C15H30N2O. The van der Waals surface area contributed by atoms with Gasteiger partial charge in [0.15, 0.2) is 0 Å². The lowest BCUT2D eigenvalue weighted by atomic mass is 9.82. The molecule has 0 spiro atoms. The van der Waals surface area contributed by atoms with Crippen LogP contribution in [0.25, 0.3) is 0 Å². The van der Waals surface area contributed by atoms with Crippen molar-refractivity contribution < 1.29 is 4.74 Å². The third kappa shape index (κ3) is 4.87. The molecule has 2 saturated heterocycles. The molecule has 1 atom stereocenters. The lowest BCUT2D eigenvalue weighted by Crippen LogP contribution is -2.38. The first kappa shape index (κ1) is 14.3. The van der Waals surface area contributed by atoms with Gasteiger partial charge in [-0.1, -0.05) is 13.3 Å². The Morgan fingerprint density at radius 2 is 2.11 bits per heavy atom. The van der Waals surface area contributed by atoms with E-state index in [1.165, 1.54) is 58.0 Å². The van der Waals surface area contributed by atoms with Gasteiger partial charge in [0.2, 0.25) is 0 Å². The van der Waals surface area contributed by atoms with Gasteiger partial charge in [0, 0.05) is 25.8 Å². The van der Waals surface area contributed by atoms with E-state index in [1.54, 1.807) is 0 Å². The van der Waals surface area contributed by atoms with Gasteiger partial charge in [-0.25, -0.2) is 0 Å². The summed E-state index contributed by atoms with van der Waals surface area (Å²) in [6.45, 7) is 7.86. The zero-order chi connectivity index (χ0) is 12.7. The molecular weight excluding hydrogens is 224 g/mol. The second-order valence-electron chi connectivity index (χ2n) is 6.39. The van der Waals surface area contributed by atoms with Crippen molar-refractivity contribution in [3.05, 3.63) is 0 Å². The summed E-state index contributed by atoms with van der Waals surface area (Å²) in [6, 6.07) is 0.791. The Hall–Kier alpha value is -0.120. The zero-order valence-corrected chi connectivity index (χ0v) is 12.0. The Morgan fingerprint density at radius 1 is 1.28 bits per heavy atom. The van der Waals surface area contributed by atoms with Gasteiger partial charge in [-0.3, -0.25) is 0 Å². The van der Waals surface area contributed by atoms with Crippen LogP contribution in [0.2, 0.25) is 0 Å². The van der Waals surface area contributed by atoms with E-state index in [0.717, 1.165) is 25.8 Å². The summed E-state index contributed by atoms with van der Waals surface area (Å²) >= 11 is 0. The molecule has 0 amide bonds. The molecule has 106 valence electrons. The Morgan fingerprint density at radius 3 is 2.83 bits per heavy atom. The number of hydrogen-bond acceptors (Lipinski definition) is 3. The van der Waals surface area contributed by atoms with Crippen LogP contribution in [0.5, 0.6) is 0 Å². The maximum absolute atomic E-state index is 5.44. The van der Waals surface area contributed by atoms with E-state index in [2.05, 4.69) is 17.6 Å². The van der Waals surface area contributed by atoms with E-state index in [9.17, 15) is 0 Å². The lowest BCUT2D eigenvalue weighted by molar-refractivity contribution is 0.0241. The number of nitrogens with one attached hydrogen (secondary N) is 2. The molecule has 0 aromatic heterocycles. The summed E-state index contributed by atoms with van der Waals surface area (Å²) in [6.07, 6.45) is 9.25. The Bertz CT molecular complexity index is 221. The summed E-state index contributed by atoms with van der Waals surface area (Å²) in [5.41, 5.74) is 0.474. The third-order valence-electron chi connectivity index (χ3n) is 4.57. The van der Waals surface area contributed by atoms with Crippen molar-refractivity contribution in [2.24, 2.45) is 5.41 Å². The van der Waals surface area contributed by atoms with E-state index >= 15 is 0 Å². The molecule has 2 N–H and O–H groups in total. The molecule has 0 aromatic rings. The summed E-state index contributed by atoms with van der Waals surface area (Å²) in [5, 5.41) is 7.27. The topological polar surface area (TPSA) is 33.3 Å². The van der Waals surface area contributed by atoms with Crippen molar-refractivity contribution in [2.75, 3.05) is 32.8 Å². The average Bonchev–Trinajstić information content (AvgIpc) is 2.40. The van der Waals surface area contributed by atoms with E-state index in [-0.39, 0.29) is 0 Å². The highest BCUT2D eigenvalue weighted by atomic mass is 16.5. The third-order valence-corrected chi connectivity index (χ3v) is 4.57. The summed E-state index contributed by atoms with van der Waals surface area (Å²) < 4.78 is 5.44. The summed E-state index contributed by atoms with van der Waals surface area (Å²) in [4.78, 5) is 0. The fourth-order valence-corrected chi connectivity index (χ4v) is 3.07. The molecule has 2 aliphatic heterocycles. The van der Waals surface area contributed by atoms with Gasteiger partial charge in [0.25, 0.3) is 0 Å². The van der Waals surface area contributed by atoms with Crippen LogP contribution in [0.3, 0.4) is 0 Å². The molecule has 2 rings (SSSR count). The molecule has 0 aliphatic carbocycles. The van der Waals surface area contributed by atoms with Crippen molar-refractivity contribution in [3.8, 4) is 0 Å². The first-order chi connectivity index (χ1) is 8.79. The number of rotatable bonds is 6. The Balaban J connectivity index is 1.50. The molecule has 18 heavy (non-hydrogen) atoms. The predicted octanol–water partition coefficient (Wildman–Crippen LogP) is 2.31. The number of ether oxygens (including phenoxy) is 1. The van der Waals surface area contributed by atoms with Crippen molar-refractivity contribution in [1.82, 2.24) is 10.6 Å². The van der Waals surface area contributed by atoms with Gasteiger partial charge >= 0.3 is 0 Å². The van der Waals surface area contributed by atoms with E-state index < -0.39 is 0 Å². The summed E-state index contributed by atoms with van der Waals surface area (Å²) in [7, 11) is 0. The van der Waals surface area contributed by atoms with E-state index in [0.29, 0.717) is 5.41 Å². The van der Waals surface area contributed by atoms with Crippen LogP contribution in [0.15, 0.2) is 0 Å². The minimum Gasteiger partial charge on any atom is -0.381 e. The van der Waals surface area contributed by atoms with Crippen LogP contribution in [-0.4, -0.2) is 38.9 Å². The van der Waals surface area contributed by atoms with Gasteiger partial charge in [0.05, 0.1) is 0 Å². The second kappa shape index (κ2) is 7.46. The number of piperidine rings is 1. The Kier molecular flexibility index (Phi) is 5.93. The monoisotopic (exact) mass is 254 g/mol. The van der Waals surface area contributed by atoms with Crippen LogP contribution < -0.4 is 10.6 Å². The highest BCUT2D eigenvalue weighted by molar-refractivity contribution is 4.79. The first-order valence-corrected chi connectivity index (χ1v) is 7.80. The lowest BCUT2D eigenvalue weighted by Gasteiger charge is -2.33. The quantitative estimate of drug-likeness (QED) is 0.714. The predicted molar refractivity (Wildman–Crippen MR) is 75.9 cm³/mol. The molecule has 2 aliphatic rings. The molecule has 3 heteroatoms. The van der Waals surface area contributed by atoms with Gasteiger partial charge < -0.3 is 15.4 Å². The molecule has 2 heterocycles. The van der Waals surface area contributed by atoms with Crippen LogP contribution in [-0.2, 0) is 4.74 Å². The maximum atomic E-state index is 5.44. The highest BCUT2D eigenvalue weighted by Crippen LogP contribution is 2.28. The average molecular weight is 254 g/mol. The van der Waals surface area contributed by atoms with Gasteiger partial charge in [-0.2, -0.15) is 0 Å². The molecule has 0 aromatic carbocycles. The largest absolute Gasteiger partial charge is 0.381 e. The van der Waals surface area contributed by atoms with Crippen LogP contribution in [0.4, 0.5) is 0 Å². The molecule has 0 radical (unpaired) electrons. The van der Waals surface area contributed by atoms with Crippen molar-refractivity contribution in [1.29, 1.82) is 0 Å². The second-order valence-corrected chi connectivity index (χ2v) is 6.39. The molecule has 0 bridgehead atoms. The summed E-state index contributed by atoms with van der Waals surface area (Å²) in [5.74, 6) is 0. The Labute approximate surface area is 112 Å². The standard InChI is InChI=1S/C15H30N2O/c1-15(7-11-18-12-8-15)13-16-9-4-6-14-5-2-3-10-17-14/h14,16-17H,2-13H2,1H3. The van der Waals surface area contributed by atoms with Crippen LogP contribution in [0.1, 0.15) is 51.9 Å². The minimum absolute atomic E-state index is 0.474. The van der Waals surface area contributed by atoms with E-state index in [4.69, 9.17) is 4.74 Å². The van der Waals surface area contributed by atoms with Gasteiger partial charge in [0.1, 0.15) is 0 Å². The normalized spacial score (nSPS) is 28.2. The first-order valence-electron chi connectivity index (χ1n) is 7.80. The number of hydrogen-bond donors (Lipinski definition) is 2. The minimum atomic E-state index is 0.474. The van der Waals surface area contributed by atoms with Gasteiger partial charge in [-0.15, -0.1) is 0 Å². The fraction of sp³-hybridized carbons (Fsp3) is 1.00. The van der Waals surface area contributed by atoms with Crippen molar-refractivity contribution in [2.45, 2.75) is 57.9 Å². The van der Waals surface area contributed by atoms with Crippen molar-refractivity contribution in [3.63, 3.8) is 0 Å². The maximum Gasteiger partial charge on any atom is 0.0471 e. The van der Waals surface area contributed by atoms with Crippen molar-refractivity contribution >= 4 is 0 Å². The van der Waals surface area contributed by atoms with E-state index in [1.807, 2.05) is 0 Å². The molecule has 1 unspecified atom stereocenters. The zero-order valence-electron chi connectivity index (χ0n) is 12.0.